The average molecular weight is 390 g/mol. The van der Waals surface area contributed by atoms with Gasteiger partial charge in [-0.2, -0.15) is 18.2 Å². The molecule has 0 saturated heterocycles. The van der Waals surface area contributed by atoms with E-state index in [0.717, 1.165) is 18.2 Å². The van der Waals surface area contributed by atoms with Gasteiger partial charge in [0.1, 0.15) is 13.2 Å². The minimum absolute atomic E-state index is 0. The average Bonchev–Trinajstić information content (AvgIpc) is 2.53. The van der Waals surface area contributed by atoms with Crippen LogP contribution in [-0.4, -0.2) is 91.1 Å². The van der Waals surface area contributed by atoms with E-state index in [4.69, 9.17) is 14.8 Å². The van der Waals surface area contributed by atoms with E-state index < -0.39 is 51.3 Å². The van der Waals surface area contributed by atoms with Crippen LogP contribution < -0.4 is 0 Å². The molecule has 13 heteroatoms. The Labute approximate surface area is 164 Å². The van der Waals surface area contributed by atoms with Crippen molar-refractivity contribution in [3.8, 4) is 0 Å². The molecule has 136 valence electrons. The second-order valence-corrected chi connectivity index (χ2v) is 5.48. The Morgan fingerprint density at radius 1 is 0.880 bits per heavy atom. The van der Waals surface area contributed by atoms with Crippen LogP contribution in [0.15, 0.2) is 23.1 Å². The first-order chi connectivity index (χ1) is 11.3. The summed E-state index contributed by atoms with van der Waals surface area (Å²) in [6.07, 6.45) is 0. The van der Waals surface area contributed by atoms with E-state index in [9.17, 15) is 18.0 Å². The first kappa shape index (κ1) is 23.9. The van der Waals surface area contributed by atoms with Crippen molar-refractivity contribution in [3.63, 3.8) is 0 Å². The van der Waals surface area contributed by atoms with Crippen molar-refractivity contribution in [2.45, 2.75) is 4.90 Å². The molecule has 1 rings (SSSR count). The van der Waals surface area contributed by atoms with Crippen molar-refractivity contribution in [1.82, 2.24) is 0 Å². The van der Waals surface area contributed by atoms with Gasteiger partial charge in [-0.25, -0.2) is 9.59 Å². The summed E-state index contributed by atoms with van der Waals surface area (Å²) in [4.78, 5) is 39.9. The molecule has 11 nitrogen and oxygen atoms in total. The quantitative estimate of drug-likeness (QED) is 0.147. The normalized spacial score (nSPS) is 10.7. The van der Waals surface area contributed by atoms with E-state index in [1.807, 2.05) is 0 Å². The Morgan fingerprint density at radius 2 is 1.28 bits per heavy atom. The molecule has 0 aliphatic carbocycles. The van der Waals surface area contributed by atoms with Crippen molar-refractivity contribution in [2.24, 2.45) is 0 Å². The zero-order valence-electron chi connectivity index (χ0n) is 12.1. The molecule has 0 fully saturated rings. The summed E-state index contributed by atoms with van der Waals surface area (Å²) >= 11 is 0. The van der Waals surface area contributed by atoms with Crippen molar-refractivity contribution >= 4 is 51.6 Å². The number of hydrogen-bond donors (Lipinski definition) is 3. The van der Waals surface area contributed by atoms with Crippen molar-refractivity contribution in [1.29, 1.82) is 0 Å². The van der Waals surface area contributed by atoms with Crippen LogP contribution in [0.3, 0.4) is 0 Å². The number of benzene rings is 1. The zero-order valence-corrected chi connectivity index (χ0v) is 12.9. The molecule has 1 aromatic carbocycles. The SMILES string of the molecule is O=C(OOCCO)c1cc(C(=O)OOCCO)cc(S(=O)(=O)O)c1.[NaH]. The Hall–Kier alpha value is -1.09. The summed E-state index contributed by atoms with van der Waals surface area (Å²) in [5.41, 5.74) is -0.894. The summed E-state index contributed by atoms with van der Waals surface area (Å²) < 4.78 is 31.5. The number of aliphatic hydroxyl groups excluding tert-OH is 2. The molecule has 0 heterocycles. The molecule has 3 N–H and O–H groups in total. The molecule has 1 aromatic rings. The first-order valence-corrected chi connectivity index (χ1v) is 7.75. The van der Waals surface area contributed by atoms with Gasteiger partial charge < -0.3 is 10.2 Å². The molecular weight excluding hydrogens is 375 g/mol. The monoisotopic (exact) mass is 390 g/mol. The molecule has 0 bridgehead atoms. The number of aliphatic hydroxyl groups is 2. The van der Waals surface area contributed by atoms with Crippen molar-refractivity contribution in [3.05, 3.63) is 29.3 Å². The number of rotatable bonds is 9. The molecule has 0 aromatic heterocycles. The molecule has 0 radical (unpaired) electrons. The van der Waals surface area contributed by atoms with Crippen LogP contribution in [0.2, 0.25) is 0 Å². The van der Waals surface area contributed by atoms with Crippen LogP contribution >= 0.6 is 0 Å². The molecule has 0 amide bonds. The van der Waals surface area contributed by atoms with Crippen molar-refractivity contribution in [2.75, 3.05) is 26.4 Å². The van der Waals surface area contributed by atoms with E-state index in [1.54, 1.807) is 0 Å². The van der Waals surface area contributed by atoms with E-state index in [2.05, 4.69) is 19.6 Å². The Bertz CT molecular complexity index is 648. The second kappa shape index (κ2) is 11.5. The van der Waals surface area contributed by atoms with Crippen LogP contribution in [0, 0.1) is 0 Å². The second-order valence-electron chi connectivity index (χ2n) is 4.05. The van der Waals surface area contributed by atoms with Crippen LogP contribution in [0.1, 0.15) is 20.7 Å². The van der Waals surface area contributed by atoms with Crippen LogP contribution in [-0.2, 0) is 29.7 Å². The van der Waals surface area contributed by atoms with Gasteiger partial charge >= 0.3 is 41.5 Å². The van der Waals surface area contributed by atoms with Gasteiger partial charge in [-0.05, 0) is 18.2 Å². The fourth-order valence-electron chi connectivity index (χ4n) is 1.34. The number of hydrogen-bond acceptors (Lipinski definition) is 10. The van der Waals surface area contributed by atoms with Crippen molar-refractivity contribution < 1.29 is 52.3 Å². The van der Waals surface area contributed by atoms with E-state index in [0.29, 0.717) is 0 Å². The summed E-state index contributed by atoms with van der Waals surface area (Å²) in [5.74, 6) is -2.36. The summed E-state index contributed by atoms with van der Waals surface area (Å²) in [6, 6.07) is 2.39. The topological polar surface area (TPSA) is 166 Å². The van der Waals surface area contributed by atoms with E-state index in [1.165, 1.54) is 0 Å². The fourth-order valence-corrected chi connectivity index (χ4v) is 1.90. The summed E-state index contributed by atoms with van der Waals surface area (Å²) in [6.45, 7) is -1.52. The van der Waals surface area contributed by atoms with Crippen LogP contribution in [0.4, 0.5) is 0 Å². The molecule has 0 saturated carbocycles. The van der Waals surface area contributed by atoms with Gasteiger partial charge in [0, 0.05) is 0 Å². The molecule has 0 aliphatic rings. The minimum atomic E-state index is -4.74. The summed E-state index contributed by atoms with van der Waals surface area (Å²) in [5, 5.41) is 17.0. The molecule has 0 aliphatic heterocycles. The van der Waals surface area contributed by atoms with Gasteiger partial charge in [-0.3, -0.25) is 14.3 Å². The van der Waals surface area contributed by atoms with Gasteiger partial charge in [0.05, 0.1) is 29.2 Å². The van der Waals surface area contributed by atoms with Crippen LogP contribution in [0.5, 0.6) is 0 Å². The van der Waals surface area contributed by atoms with Gasteiger partial charge in [-0.1, -0.05) is 0 Å². The standard InChI is InChI=1S/C12H14O11S.Na.H/c13-1-3-20-22-11(15)8-5-9(12(16)23-21-4-2-14)7-10(6-8)24(17,18)19;;/h5-7,13-14H,1-4H2,(H,17,18,19);;. The molecular formula is C12H15NaO11S. The molecule has 25 heavy (non-hydrogen) atoms. The van der Waals surface area contributed by atoms with E-state index in [-0.39, 0.29) is 42.8 Å². The van der Waals surface area contributed by atoms with E-state index >= 15 is 0 Å². The fraction of sp³-hybridized carbons (Fsp3) is 0.333. The Morgan fingerprint density at radius 3 is 1.60 bits per heavy atom. The zero-order chi connectivity index (χ0) is 18.2. The predicted octanol–water partition coefficient (Wildman–Crippen LogP) is -1.55. The third-order valence-electron chi connectivity index (χ3n) is 2.29. The number of carbonyl (C=O) groups is 2. The molecule has 0 spiro atoms. The Kier molecular flexibility index (Phi) is 11.0. The van der Waals surface area contributed by atoms with Gasteiger partial charge in [-0.15, -0.1) is 0 Å². The number of carbonyl (C=O) groups excluding carboxylic acids is 2. The van der Waals surface area contributed by atoms with Crippen LogP contribution in [0.25, 0.3) is 0 Å². The summed E-state index contributed by atoms with van der Waals surface area (Å²) in [7, 11) is -4.74. The Balaban J connectivity index is 0.00000576. The predicted molar refractivity (Wildman–Crippen MR) is 80.3 cm³/mol. The van der Waals surface area contributed by atoms with Gasteiger partial charge in [0.2, 0.25) is 0 Å². The van der Waals surface area contributed by atoms with Gasteiger partial charge in [0.25, 0.3) is 10.1 Å². The maximum atomic E-state index is 11.7. The van der Waals surface area contributed by atoms with Gasteiger partial charge in [0.15, 0.2) is 0 Å². The molecule has 0 atom stereocenters. The maximum absolute atomic E-state index is 11.7. The molecule has 0 unspecified atom stereocenters. The third kappa shape index (κ3) is 8.22. The third-order valence-corrected chi connectivity index (χ3v) is 3.13. The first-order valence-electron chi connectivity index (χ1n) is 6.31.